The second-order valence-electron chi connectivity index (χ2n) is 2.72. The predicted molar refractivity (Wildman–Crippen MR) is 36.9 cm³/mol. The summed E-state index contributed by atoms with van der Waals surface area (Å²) in [7, 11) is 0. The van der Waals surface area contributed by atoms with Crippen LogP contribution in [0.2, 0.25) is 0 Å². The second kappa shape index (κ2) is 3.85. The largest absolute Gasteiger partial charge is 0.396 e. The zero-order valence-electron chi connectivity index (χ0n) is 6.09. The molecule has 0 aliphatic carbocycles. The van der Waals surface area contributed by atoms with Gasteiger partial charge in [-0.2, -0.15) is 0 Å². The van der Waals surface area contributed by atoms with Crippen LogP contribution in [0.5, 0.6) is 0 Å². The lowest BCUT2D eigenvalue weighted by Crippen LogP contribution is -2.18. The van der Waals surface area contributed by atoms with Gasteiger partial charge < -0.3 is 10.2 Å². The van der Waals surface area contributed by atoms with Crippen LogP contribution in [0.4, 0.5) is 0 Å². The molecule has 0 saturated carbocycles. The van der Waals surface area contributed by atoms with Crippen molar-refractivity contribution in [3.8, 4) is 0 Å². The molecule has 0 spiro atoms. The Kier molecular flexibility index (Phi) is 3.82. The SMILES string of the molecule is CC(C)(O)[CH]CCCO. The van der Waals surface area contributed by atoms with E-state index < -0.39 is 5.60 Å². The molecule has 0 saturated heterocycles. The first-order chi connectivity index (χ1) is 4.06. The van der Waals surface area contributed by atoms with Crippen molar-refractivity contribution in [2.45, 2.75) is 32.3 Å². The lowest BCUT2D eigenvalue weighted by molar-refractivity contribution is 0.110. The Morgan fingerprint density at radius 2 is 2.00 bits per heavy atom. The molecule has 2 nitrogen and oxygen atoms in total. The number of rotatable bonds is 4. The summed E-state index contributed by atoms with van der Waals surface area (Å²) in [5, 5.41) is 17.5. The predicted octanol–water partition coefficient (Wildman–Crippen LogP) is 0.734. The van der Waals surface area contributed by atoms with E-state index in [1.165, 1.54) is 0 Å². The van der Waals surface area contributed by atoms with E-state index in [9.17, 15) is 0 Å². The fraction of sp³-hybridized carbons (Fsp3) is 0.857. The summed E-state index contributed by atoms with van der Waals surface area (Å²) in [6, 6.07) is 0. The van der Waals surface area contributed by atoms with Crippen LogP contribution >= 0.6 is 0 Å². The Morgan fingerprint density at radius 1 is 1.44 bits per heavy atom. The first kappa shape index (κ1) is 8.92. The van der Waals surface area contributed by atoms with Crippen LogP contribution in [-0.2, 0) is 0 Å². The van der Waals surface area contributed by atoms with Crippen molar-refractivity contribution < 1.29 is 10.2 Å². The summed E-state index contributed by atoms with van der Waals surface area (Å²) in [5.74, 6) is 0. The van der Waals surface area contributed by atoms with E-state index in [1.807, 2.05) is 0 Å². The van der Waals surface area contributed by atoms with Crippen LogP contribution in [0.15, 0.2) is 0 Å². The van der Waals surface area contributed by atoms with E-state index >= 15 is 0 Å². The van der Waals surface area contributed by atoms with Crippen molar-refractivity contribution in [1.29, 1.82) is 0 Å². The van der Waals surface area contributed by atoms with Crippen molar-refractivity contribution in [2.24, 2.45) is 0 Å². The minimum Gasteiger partial charge on any atom is -0.396 e. The molecule has 0 amide bonds. The van der Waals surface area contributed by atoms with Gasteiger partial charge in [-0.3, -0.25) is 0 Å². The molecule has 0 rings (SSSR count). The van der Waals surface area contributed by atoms with Crippen LogP contribution < -0.4 is 0 Å². The average molecular weight is 131 g/mol. The van der Waals surface area contributed by atoms with Gasteiger partial charge in [0.25, 0.3) is 0 Å². The molecule has 0 aromatic heterocycles. The van der Waals surface area contributed by atoms with Gasteiger partial charge in [-0.1, -0.05) is 0 Å². The van der Waals surface area contributed by atoms with E-state index in [-0.39, 0.29) is 6.61 Å². The molecule has 0 aromatic rings. The third-order valence-corrected chi connectivity index (χ3v) is 1.01. The van der Waals surface area contributed by atoms with Gasteiger partial charge in [0.05, 0.1) is 5.60 Å². The van der Waals surface area contributed by atoms with Gasteiger partial charge in [-0.25, -0.2) is 0 Å². The molecule has 0 heterocycles. The average Bonchev–Trinajstić information content (AvgIpc) is 1.63. The monoisotopic (exact) mass is 131 g/mol. The normalized spacial score (nSPS) is 12.0. The van der Waals surface area contributed by atoms with E-state index in [0.717, 1.165) is 12.8 Å². The summed E-state index contributed by atoms with van der Waals surface area (Å²) in [4.78, 5) is 0. The maximum absolute atomic E-state index is 9.11. The summed E-state index contributed by atoms with van der Waals surface area (Å²) < 4.78 is 0. The van der Waals surface area contributed by atoms with Crippen LogP contribution in [0.25, 0.3) is 0 Å². The summed E-state index contributed by atoms with van der Waals surface area (Å²) >= 11 is 0. The van der Waals surface area contributed by atoms with Crippen molar-refractivity contribution in [3.05, 3.63) is 6.42 Å². The molecule has 0 bridgehead atoms. The van der Waals surface area contributed by atoms with Crippen molar-refractivity contribution in [1.82, 2.24) is 0 Å². The lowest BCUT2D eigenvalue weighted by Gasteiger charge is -2.15. The van der Waals surface area contributed by atoms with Gasteiger partial charge in [-0.15, -0.1) is 0 Å². The van der Waals surface area contributed by atoms with Gasteiger partial charge >= 0.3 is 0 Å². The molecule has 0 atom stereocenters. The highest BCUT2D eigenvalue weighted by molar-refractivity contribution is 4.83. The molecule has 0 fully saturated rings. The van der Waals surface area contributed by atoms with Crippen LogP contribution in [0, 0.1) is 6.42 Å². The van der Waals surface area contributed by atoms with E-state index in [4.69, 9.17) is 10.2 Å². The Hall–Kier alpha value is -0.0800. The van der Waals surface area contributed by atoms with E-state index in [2.05, 4.69) is 0 Å². The third-order valence-electron chi connectivity index (χ3n) is 1.01. The number of hydrogen-bond donors (Lipinski definition) is 2. The number of aliphatic hydroxyl groups excluding tert-OH is 1. The molecule has 1 radical (unpaired) electrons. The highest BCUT2D eigenvalue weighted by atomic mass is 16.3. The van der Waals surface area contributed by atoms with E-state index in [1.54, 1.807) is 20.3 Å². The quantitative estimate of drug-likeness (QED) is 0.552. The standard InChI is InChI=1S/C7H15O2/c1-7(2,9)5-3-4-6-8/h5,8-9H,3-4,6H2,1-2H3. The Morgan fingerprint density at radius 3 is 2.33 bits per heavy atom. The molecular weight excluding hydrogens is 116 g/mol. The molecule has 0 aliphatic rings. The van der Waals surface area contributed by atoms with Crippen molar-refractivity contribution >= 4 is 0 Å². The molecule has 55 valence electrons. The topological polar surface area (TPSA) is 40.5 Å². The minimum atomic E-state index is -0.685. The van der Waals surface area contributed by atoms with Crippen LogP contribution in [0.1, 0.15) is 26.7 Å². The van der Waals surface area contributed by atoms with Crippen LogP contribution in [-0.4, -0.2) is 22.4 Å². The number of aliphatic hydroxyl groups is 2. The first-order valence-electron chi connectivity index (χ1n) is 3.24. The Labute approximate surface area is 56.5 Å². The minimum absolute atomic E-state index is 0.201. The fourth-order valence-corrected chi connectivity index (χ4v) is 0.547. The number of hydrogen-bond acceptors (Lipinski definition) is 2. The smallest absolute Gasteiger partial charge is 0.0623 e. The van der Waals surface area contributed by atoms with E-state index in [0.29, 0.717) is 0 Å². The summed E-state index contributed by atoms with van der Waals surface area (Å²) in [5.41, 5.74) is -0.685. The van der Waals surface area contributed by atoms with Crippen LogP contribution in [0.3, 0.4) is 0 Å². The third kappa shape index (κ3) is 7.92. The highest BCUT2D eigenvalue weighted by Gasteiger charge is 2.10. The van der Waals surface area contributed by atoms with Gasteiger partial charge in [0.2, 0.25) is 0 Å². The zero-order chi connectivity index (χ0) is 7.33. The summed E-state index contributed by atoms with van der Waals surface area (Å²) in [6.07, 6.45) is 3.31. The molecular formula is C7H15O2. The molecule has 2 N–H and O–H groups in total. The highest BCUT2D eigenvalue weighted by Crippen LogP contribution is 2.09. The fourth-order valence-electron chi connectivity index (χ4n) is 0.547. The van der Waals surface area contributed by atoms with Gasteiger partial charge in [0, 0.05) is 6.61 Å². The van der Waals surface area contributed by atoms with Crippen molar-refractivity contribution in [3.63, 3.8) is 0 Å². The lowest BCUT2D eigenvalue weighted by atomic mass is 10.0. The molecule has 0 aliphatic heterocycles. The number of unbranched alkanes of at least 4 members (excludes halogenated alkanes) is 1. The second-order valence-corrected chi connectivity index (χ2v) is 2.72. The molecule has 0 aromatic carbocycles. The maximum atomic E-state index is 9.11. The molecule has 2 heteroatoms. The Bertz CT molecular complexity index is 63.8. The maximum Gasteiger partial charge on any atom is 0.0623 e. The molecule has 9 heavy (non-hydrogen) atoms. The van der Waals surface area contributed by atoms with Gasteiger partial charge in [0.15, 0.2) is 0 Å². The zero-order valence-corrected chi connectivity index (χ0v) is 6.09. The Balaban J connectivity index is 3.07. The van der Waals surface area contributed by atoms with Gasteiger partial charge in [-0.05, 0) is 33.1 Å². The first-order valence-corrected chi connectivity index (χ1v) is 3.24. The molecule has 0 unspecified atom stereocenters. The van der Waals surface area contributed by atoms with Gasteiger partial charge in [0.1, 0.15) is 0 Å². The summed E-state index contributed by atoms with van der Waals surface area (Å²) in [6.45, 7) is 3.65. The van der Waals surface area contributed by atoms with Crippen molar-refractivity contribution in [2.75, 3.05) is 6.61 Å².